The lowest BCUT2D eigenvalue weighted by Gasteiger charge is -2.32. The largest absolute Gasteiger partial charge is 0.508 e. The number of benzene rings is 2. The van der Waals surface area contributed by atoms with Gasteiger partial charge in [0.25, 0.3) is 11.8 Å². The van der Waals surface area contributed by atoms with Gasteiger partial charge in [0, 0.05) is 24.7 Å². The first-order chi connectivity index (χ1) is 12.0. The van der Waals surface area contributed by atoms with Crippen molar-refractivity contribution in [3.05, 3.63) is 64.7 Å². The number of aromatic hydroxyl groups is 1. The molecule has 0 saturated carbocycles. The summed E-state index contributed by atoms with van der Waals surface area (Å²) < 4.78 is 0. The van der Waals surface area contributed by atoms with Crippen molar-refractivity contribution in [3.63, 3.8) is 0 Å². The summed E-state index contributed by atoms with van der Waals surface area (Å²) in [7, 11) is 0. The molecule has 0 atom stereocenters. The Labute approximate surface area is 151 Å². The molecular formula is C19H19ClN2O3. The molecule has 0 spiro atoms. The summed E-state index contributed by atoms with van der Waals surface area (Å²) in [6.07, 6.45) is 1.36. The molecule has 0 aromatic heterocycles. The van der Waals surface area contributed by atoms with Gasteiger partial charge < -0.3 is 15.3 Å². The zero-order valence-electron chi connectivity index (χ0n) is 13.6. The fourth-order valence-corrected chi connectivity index (χ4v) is 3.18. The van der Waals surface area contributed by atoms with Crippen LogP contribution in [-0.2, 0) is 0 Å². The average Bonchev–Trinajstić information content (AvgIpc) is 2.62. The van der Waals surface area contributed by atoms with Crippen LogP contribution in [0.3, 0.4) is 0 Å². The number of halogens is 1. The maximum Gasteiger partial charge on any atom is 0.253 e. The zero-order chi connectivity index (χ0) is 17.8. The highest BCUT2D eigenvalue weighted by atomic mass is 35.5. The third-order valence-electron chi connectivity index (χ3n) is 4.33. The minimum absolute atomic E-state index is 0.0111. The predicted molar refractivity (Wildman–Crippen MR) is 96.0 cm³/mol. The highest BCUT2D eigenvalue weighted by Crippen LogP contribution is 2.19. The van der Waals surface area contributed by atoms with Crippen LogP contribution in [0.25, 0.3) is 0 Å². The Morgan fingerprint density at radius 3 is 2.48 bits per heavy atom. The molecule has 0 radical (unpaired) electrons. The van der Waals surface area contributed by atoms with Gasteiger partial charge in [0.2, 0.25) is 0 Å². The Hall–Kier alpha value is -2.53. The summed E-state index contributed by atoms with van der Waals surface area (Å²) in [6, 6.07) is 13.3. The van der Waals surface area contributed by atoms with Gasteiger partial charge in [0.1, 0.15) is 5.75 Å². The van der Waals surface area contributed by atoms with Crippen LogP contribution in [-0.4, -0.2) is 41.0 Å². The molecular weight excluding hydrogens is 340 g/mol. The van der Waals surface area contributed by atoms with E-state index in [-0.39, 0.29) is 23.6 Å². The van der Waals surface area contributed by atoms with E-state index < -0.39 is 0 Å². The summed E-state index contributed by atoms with van der Waals surface area (Å²) in [4.78, 5) is 26.5. The SMILES string of the molecule is O=C(NC1CCN(C(=O)c2cccc(O)c2)CC1)c1ccccc1Cl. The molecule has 0 aliphatic carbocycles. The van der Waals surface area contributed by atoms with Crippen LogP contribution in [0.2, 0.25) is 5.02 Å². The molecule has 1 fully saturated rings. The summed E-state index contributed by atoms with van der Waals surface area (Å²) >= 11 is 6.05. The monoisotopic (exact) mass is 358 g/mol. The second kappa shape index (κ2) is 7.57. The van der Waals surface area contributed by atoms with Gasteiger partial charge in [-0.15, -0.1) is 0 Å². The Balaban J connectivity index is 1.56. The maximum atomic E-state index is 12.5. The lowest BCUT2D eigenvalue weighted by atomic mass is 10.0. The van der Waals surface area contributed by atoms with Gasteiger partial charge in [0.05, 0.1) is 10.6 Å². The average molecular weight is 359 g/mol. The number of phenolic OH excluding ortho intramolecular Hbond substituents is 1. The highest BCUT2D eigenvalue weighted by molar-refractivity contribution is 6.33. The number of rotatable bonds is 3. The van der Waals surface area contributed by atoms with Crippen molar-refractivity contribution in [2.24, 2.45) is 0 Å². The number of carbonyl (C=O) groups excluding carboxylic acids is 2. The third-order valence-corrected chi connectivity index (χ3v) is 4.66. The fraction of sp³-hybridized carbons (Fsp3) is 0.263. The Bertz CT molecular complexity index is 786. The smallest absolute Gasteiger partial charge is 0.253 e. The van der Waals surface area contributed by atoms with Crippen molar-refractivity contribution < 1.29 is 14.7 Å². The third kappa shape index (κ3) is 4.12. The number of phenols is 1. The second-order valence-corrected chi connectivity index (χ2v) is 6.48. The molecule has 0 bridgehead atoms. The van der Waals surface area contributed by atoms with Gasteiger partial charge >= 0.3 is 0 Å². The molecule has 3 rings (SSSR count). The van der Waals surface area contributed by atoms with E-state index in [9.17, 15) is 14.7 Å². The van der Waals surface area contributed by atoms with E-state index in [0.29, 0.717) is 42.1 Å². The molecule has 2 aromatic rings. The second-order valence-electron chi connectivity index (χ2n) is 6.07. The number of amides is 2. The van der Waals surface area contributed by atoms with Crippen molar-refractivity contribution in [3.8, 4) is 5.75 Å². The quantitative estimate of drug-likeness (QED) is 0.885. The number of likely N-dealkylation sites (tertiary alicyclic amines) is 1. The van der Waals surface area contributed by atoms with E-state index in [1.807, 2.05) is 0 Å². The number of nitrogens with zero attached hydrogens (tertiary/aromatic N) is 1. The lowest BCUT2D eigenvalue weighted by Crippen LogP contribution is -2.46. The van der Waals surface area contributed by atoms with Gasteiger partial charge in [-0.25, -0.2) is 0 Å². The lowest BCUT2D eigenvalue weighted by molar-refractivity contribution is 0.0697. The fourth-order valence-electron chi connectivity index (χ4n) is 2.96. The molecule has 2 amide bonds. The van der Waals surface area contributed by atoms with Gasteiger partial charge in [-0.2, -0.15) is 0 Å². The van der Waals surface area contributed by atoms with Crippen LogP contribution in [0.15, 0.2) is 48.5 Å². The number of hydrogen-bond donors (Lipinski definition) is 2. The Morgan fingerprint density at radius 1 is 1.08 bits per heavy atom. The first-order valence-corrected chi connectivity index (χ1v) is 8.56. The Morgan fingerprint density at radius 2 is 1.80 bits per heavy atom. The first kappa shape index (κ1) is 17.3. The standard InChI is InChI=1S/C19H19ClN2O3/c20-17-7-2-1-6-16(17)18(24)21-14-8-10-22(11-9-14)19(25)13-4-3-5-15(23)12-13/h1-7,12,14,23H,8-11H2,(H,21,24). The van der Waals surface area contributed by atoms with Crippen LogP contribution < -0.4 is 5.32 Å². The van der Waals surface area contributed by atoms with Gasteiger partial charge in [-0.05, 0) is 43.2 Å². The van der Waals surface area contributed by atoms with Crippen LogP contribution >= 0.6 is 11.6 Å². The summed E-state index contributed by atoms with van der Waals surface area (Å²) in [5.74, 6) is -0.220. The minimum Gasteiger partial charge on any atom is -0.508 e. The van der Waals surface area contributed by atoms with Crippen molar-refractivity contribution in [2.45, 2.75) is 18.9 Å². The first-order valence-electron chi connectivity index (χ1n) is 8.18. The van der Waals surface area contributed by atoms with Gasteiger partial charge in [0.15, 0.2) is 0 Å². The molecule has 1 heterocycles. The number of hydrogen-bond acceptors (Lipinski definition) is 3. The van der Waals surface area contributed by atoms with Crippen molar-refractivity contribution in [1.29, 1.82) is 0 Å². The normalized spacial score (nSPS) is 15.0. The molecule has 1 saturated heterocycles. The van der Waals surface area contributed by atoms with E-state index in [2.05, 4.69) is 5.32 Å². The summed E-state index contributed by atoms with van der Waals surface area (Å²) in [5.41, 5.74) is 0.931. The molecule has 6 heteroatoms. The van der Waals surface area contributed by atoms with Crippen molar-refractivity contribution in [2.75, 3.05) is 13.1 Å². The minimum atomic E-state index is -0.191. The summed E-state index contributed by atoms with van der Waals surface area (Å²) in [5, 5.41) is 12.9. The number of piperidine rings is 1. The van der Waals surface area contributed by atoms with E-state index in [1.165, 1.54) is 12.1 Å². The number of nitrogens with one attached hydrogen (secondary N) is 1. The topological polar surface area (TPSA) is 69.6 Å². The van der Waals surface area contributed by atoms with E-state index in [0.717, 1.165) is 0 Å². The molecule has 1 aliphatic rings. The van der Waals surface area contributed by atoms with E-state index in [4.69, 9.17) is 11.6 Å². The van der Waals surface area contributed by atoms with Crippen molar-refractivity contribution in [1.82, 2.24) is 10.2 Å². The van der Waals surface area contributed by atoms with Crippen molar-refractivity contribution >= 4 is 23.4 Å². The summed E-state index contributed by atoms with van der Waals surface area (Å²) in [6.45, 7) is 1.11. The Kier molecular flexibility index (Phi) is 5.24. The van der Waals surface area contributed by atoms with E-state index in [1.54, 1.807) is 41.3 Å². The molecule has 2 aromatic carbocycles. The molecule has 2 N–H and O–H groups in total. The van der Waals surface area contributed by atoms with Crippen LogP contribution in [0.1, 0.15) is 33.6 Å². The molecule has 0 unspecified atom stereocenters. The van der Waals surface area contributed by atoms with E-state index >= 15 is 0 Å². The van der Waals surface area contributed by atoms with Gasteiger partial charge in [-0.3, -0.25) is 9.59 Å². The molecule has 5 nitrogen and oxygen atoms in total. The van der Waals surface area contributed by atoms with Crippen LogP contribution in [0, 0.1) is 0 Å². The maximum absolute atomic E-state index is 12.5. The number of carbonyl (C=O) groups is 2. The van der Waals surface area contributed by atoms with Crippen LogP contribution in [0.4, 0.5) is 0 Å². The molecule has 25 heavy (non-hydrogen) atoms. The van der Waals surface area contributed by atoms with Gasteiger partial charge in [-0.1, -0.05) is 29.8 Å². The predicted octanol–water partition coefficient (Wildman–Crippen LogP) is 3.08. The zero-order valence-corrected chi connectivity index (χ0v) is 14.4. The van der Waals surface area contributed by atoms with Crippen LogP contribution in [0.5, 0.6) is 5.75 Å². The molecule has 1 aliphatic heterocycles. The highest BCUT2D eigenvalue weighted by Gasteiger charge is 2.25. The molecule has 130 valence electrons.